The Morgan fingerprint density at radius 1 is 1.37 bits per heavy atom. The first kappa shape index (κ1) is 12.1. The van der Waals surface area contributed by atoms with E-state index in [0.717, 1.165) is 24.3 Å². The lowest BCUT2D eigenvalue weighted by Gasteiger charge is -2.15. The molecular formula is C15H16FNO2. The van der Waals surface area contributed by atoms with Crippen LogP contribution in [0.15, 0.2) is 34.9 Å². The summed E-state index contributed by atoms with van der Waals surface area (Å²) in [4.78, 5) is 0. The highest BCUT2D eigenvalue weighted by molar-refractivity contribution is 5.61. The van der Waals surface area contributed by atoms with Gasteiger partial charge in [0, 0.05) is 12.6 Å². The molecule has 1 aliphatic rings. The summed E-state index contributed by atoms with van der Waals surface area (Å²) in [5, 5.41) is 3.05. The molecule has 0 unspecified atom stereocenters. The summed E-state index contributed by atoms with van der Waals surface area (Å²) < 4.78 is 25.0. The van der Waals surface area contributed by atoms with Crippen molar-refractivity contribution in [3.05, 3.63) is 47.7 Å². The van der Waals surface area contributed by atoms with Crippen molar-refractivity contribution in [3.63, 3.8) is 0 Å². The molecule has 1 aliphatic carbocycles. The van der Waals surface area contributed by atoms with Crippen molar-refractivity contribution < 1.29 is 13.5 Å². The quantitative estimate of drug-likeness (QED) is 0.885. The van der Waals surface area contributed by atoms with Crippen molar-refractivity contribution in [2.24, 2.45) is 0 Å². The van der Waals surface area contributed by atoms with Gasteiger partial charge in [0.15, 0.2) is 0 Å². The average Bonchev–Trinajstić information content (AvgIpc) is 3.12. The third kappa shape index (κ3) is 2.43. The van der Waals surface area contributed by atoms with Crippen molar-refractivity contribution in [2.45, 2.75) is 25.4 Å². The number of hydrogen-bond acceptors (Lipinski definition) is 3. The maximum Gasteiger partial charge on any atom is 0.149 e. The fourth-order valence-corrected chi connectivity index (χ4v) is 2.22. The van der Waals surface area contributed by atoms with Crippen LogP contribution in [0.1, 0.15) is 30.1 Å². The van der Waals surface area contributed by atoms with E-state index in [0.29, 0.717) is 23.8 Å². The summed E-state index contributed by atoms with van der Waals surface area (Å²) >= 11 is 0. The highest BCUT2D eigenvalue weighted by atomic mass is 19.1. The predicted molar refractivity (Wildman–Crippen MR) is 71.0 cm³/mol. The van der Waals surface area contributed by atoms with Crippen LogP contribution < -0.4 is 10.1 Å². The largest absolute Gasteiger partial charge is 0.483 e. The number of benzene rings is 1. The van der Waals surface area contributed by atoms with Gasteiger partial charge < -0.3 is 14.5 Å². The van der Waals surface area contributed by atoms with Crippen LogP contribution in [0.25, 0.3) is 0 Å². The van der Waals surface area contributed by atoms with Gasteiger partial charge in [0.1, 0.15) is 23.9 Å². The molecule has 1 fully saturated rings. The van der Waals surface area contributed by atoms with Gasteiger partial charge in [-0.3, -0.25) is 0 Å². The molecule has 0 bridgehead atoms. The van der Waals surface area contributed by atoms with Crippen LogP contribution in [0, 0.1) is 5.82 Å². The third-order valence-corrected chi connectivity index (χ3v) is 3.34. The zero-order chi connectivity index (χ0) is 13.2. The molecular weight excluding hydrogens is 245 g/mol. The molecule has 1 aromatic carbocycles. The Bertz CT molecular complexity index is 562. The Balaban J connectivity index is 1.90. The minimum atomic E-state index is -0.184. The molecule has 1 saturated carbocycles. The highest BCUT2D eigenvalue weighted by Crippen LogP contribution is 2.48. The smallest absolute Gasteiger partial charge is 0.149 e. The molecule has 1 N–H and O–H groups in total. The molecule has 4 heteroatoms. The number of furan rings is 1. The monoisotopic (exact) mass is 261 g/mol. The molecule has 0 aliphatic heterocycles. The van der Waals surface area contributed by atoms with Crippen molar-refractivity contribution in [1.29, 1.82) is 0 Å². The van der Waals surface area contributed by atoms with Crippen molar-refractivity contribution in [3.8, 4) is 5.75 Å². The Morgan fingerprint density at radius 3 is 2.84 bits per heavy atom. The van der Waals surface area contributed by atoms with Gasteiger partial charge in [-0.1, -0.05) is 0 Å². The molecule has 100 valence electrons. The molecule has 1 aromatic heterocycles. The molecule has 2 aromatic rings. The summed E-state index contributed by atoms with van der Waals surface area (Å²) in [6.07, 6.45) is 3.66. The number of rotatable bonds is 5. The van der Waals surface area contributed by atoms with Gasteiger partial charge in [-0.25, -0.2) is 4.39 Å². The van der Waals surface area contributed by atoms with Gasteiger partial charge in [0.25, 0.3) is 0 Å². The summed E-state index contributed by atoms with van der Waals surface area (Å²) in [5.41, 5.74) is 1.51. The van der Waals surface area contributed by atoms with E-state index in [-0.39, 0.29) is 5.82 Å². The predicted octanol–water partition coefficient (Wildman–Crippen LogP) is 3.92. The van der Waals surface area contributed by atoms with E-state index in [1.54, 1.807) is 12.3 Å². The van der Waals surface area contributed by atoms with Crippen LogP contribution >= 0.6 is 0 Å². The molecule has 3 rings (SSSR count). The Kier molecular flexibility index (Phi) is 3.15. The summed E-state index contributed by atoms with van der Waals surface area (Å²) in [6, 6.07) is 6.86. The summed E-state index contributed by atoms with van der Waals surface area (Å²) in [5.74, 6) is 1.45. The topological polar surface area (TPSA) is 34.4 Å². The van der Waals surface area contributed by atoms with E-state index in [1.807, 2.05) is 19.2 Å². The van der Waals surface area contributed by atoms with Gasteiger partial charge in [0.05, 0.1) is 12.0 Å². The average molecular weight is 261 g/mol. The number of hydrogen-bond donors (Lipinski definition) is 1. The molecule has 0 spiro atoms. The molecule has 19 heavy (non-hydrogen) atoms. The van der Waals surface area contributed by atoms with Crippen LogP contribution in [-0.2, 0) is 6.61 Å². The second-order valence-corrected chi connectivity index (χ2v) is 4.73. The minimum Gasteiger partial charge on any atom is -0.483 e. The number of halogens is 1. The van der Waals surface area contributed by atoms with E-state index >= 15 is 0 Å². The Morgan fingerprint density at radius 2 is 2.21 bits per heavy atom. The second-order valence-electron chi connectivity index (χ2n) is 4.73. The molecule has 1 heterocycles. The zero-order valence-corrected chi connectivity index (χ0v) is 10.8. The van der Waals surface area contributed by atoms with Gasteiger partial charge in [-0.2, -0.15) is 0 Å². The first-order chi connectivity index (χ1) is 9.29. The SMILES string of the molecule is CNc1ccc(F)c(C2CC2)c1OCc1ccco1. The lowest BCUT2D eigenvalue weighted by Crippen LogP contribution is -2.03. The lowest BCUT2D eigenvalue weighted by molar-refractivity contribution is 0.267. The van der Waals surface area contributed by atoms with Crippen molar-refractivity contribution in [1.82, 2.24) is 0 Å². The van der Waals surface area contributed by atoms with E-state index in [9.17, 15) is 4.39 Å². The van der Waals surface area contributed by atoms with Gasteiger partial charge in [-0.15, -0.1) is 0 Å². The molecule has 0 radical (unpaired) electrons. The number of ether oxygens (including phenoxy) is 1. The molecule has 0 atom stereocenters. The maximum absolute atomic E-state index is 14.0. The number of nitrogens with one attached hydrogen (secondary N) is 1. The van der Waals surface area contributed by atoms with Gasteiger partial charge in [0.2, 0.25) is 0 Å². The van der Waals surface area contributed by atoms with E-state index in [2.05, 4.69) is 5.32 Å². The highest BCUT2D eigenvalue weighted by Gasteiger charge is 2.31. The van der Waals surface area contributed by atoms with Crippen molar-refractivity contribution in [2.75, 3.05) is 12.4 Å². The van der Waals surface area contributed by atoms with Crippen molar-refractivity contribution >= 4 is 5.69 Å². The van der Waals surface area contributed by atoms with Crippen LogP contribution in [0.4, 0.5) is 10.1 Å². The van der Waals surface area contributed by atoms with Crippen LogP contribution in [0.2, 0.25) is 0 Å². The van der Waals surface area contributed by atoms with Gasteiger partial charge in [-0.05, 0) is 43.0 Å². The lowest BCUT2D eigenvalue weighted by atomic mass is 10.1. The molecule has 3 nitrogen and oxygen atoms in total. The summed E-state index contributed by atoms with van der Waals surface area (Å²) in [7, 11) is 1.81. The first-order valence-corrected chi connectivity index (χ1v) is 6.45. The maximum atomic E-state index is 14.0. The van der Waals surface area contributed by atoms with Crippen LogP contribution in [0.5, 0.6) is 5.75 Å². The molecule has 0 amide bonds. The second kappa shape index (κ2) is 4.96. The zero-order valence-electron chi connectivity index (χ0n) is 10.8. The Labute approximate surface area is 111 Å². The third-order valence-electron chi connectivity index (χ3n) is 3.34. The van der Waals surface area contributed by atoms with Gasteiger partial charge >= 0.3 is 0 Å². The Hall–Kier alpha value is -1.97. The fourth-order valence-electron chi connectivity index (χ4n) is 2.22. The van der Waals surface area contributed by atoms with E-state index in [1.165, 1.54) is 6.07 Å². The standard InChI is InChI=1S/C15H16FNO2/c1-17-13-7-6-12(16)14(10-4-5-10)15(13)19-9-11-3-2-8-18-11/h2-3,6-8,10,17H,4-5,9H2,1H3. The number of anilines is 1. The fraction of sp³-hybridized carbons (Fsp3) is 0.333. The van der Waals surface area contributed by atoms with E-state index in [4.69, 9.17) is 9.15 Å². The molecule has 0 saturated heterocycles. The van der Waals surface area contributed by atoms with Crippen LogP contribution in [-0.4, -0.2) is 7.05 Å². The van der Waals surface area contributed by atoms with E-state index < -0.39 is 0 Å². The first-order valence-electron chi connectivity index (χ1n) is 6.45. The summed E-state index contributed by atoms with van der Waals surface area (Å²) in [6.45, 7) is 0.310. The minimum absolute atomic E-state index is 0.184. The van der Waals surface area contributed by atoms with Crippen LogP contribution in [0.3, 0.4) is 0 Å². The normalized spacial score (nSPS) is 14.4.